The fourth-order valence-corrected chi connectivity index (χ4v) is 4.26. The topological polar surface area (TPSA) is 124 Å². The van der Waals surface area contributed by atoms with Crippen LogP contribution in [-0.2, 0) is 21.4 Å². The van der Waals surface area contributed by atoms with Crippen LogP contribution in [0.4, 0.5) is 11.4 Å². The number of hydrogen-bond acceptors (Lipinski definition) is 8. The summed E-state index contributed by atoms with van der Waals surface area (Å²) in [4.78, 5) is 17.9. The third-order valence-electron chi connectivity index (χ3n) is 4.65. The third-order valence-corrected chi connectivity index (χ3v) is 6.02. The van der Waals surface area contributed by atoms with E-state index in [-0.39, 0.29) is 24.0 Å². The van der Waals surface area contributed by atoms with Gasteiger partial charge in [0.2, 0.25) is 5.89 Å². The Morgan fingerprint density at radius 2 is 2.00 bits per heavy atom. The first-order valence-corrected chi connectivity index (χ1v) is 10.8. The van der Waals surface area contributed by atoms with E-state index in [1.807, 2.05) is 13.0 Å². The summed E-state index contributed by atoms with van der Waals surface area (Å²) < 4.78 is 44.3. The molecule has 0 saturated carbocycles. The largest absolute Gasteiger partial charge is 0.495 e. The number of fused-ring (bicyclic) bond motifs is 1. The van der Waals surface area contributed by atoms with Gasteiger partial charge in [-0.25, -0.2) is 8.42 Å². The van der Waals surface area contributed by atoms with Gasteiger partial charge in [0.25, 0.3) is 15.9 Å². The quantitative estimate of drug-likeness (QED) is 0.615. The second-order valence-electron chi connectivity index (χ2n) is 6.94. The molecule has 1 aliphatic heterocycles. The normalized spacial score (nSPS) is 13.5. The van der Waals surface area contributed by atoms with Gasteiger partial charge < -0.3 is 14.0 Å². The third kappa shape index (κ3) is 4.17. The number of aromatic nitrogens is 2. The summed E-state index contributed by atoms with van der Waals surface area (Å²) in [5, 5.41) is 3.81. The van der Waals surface area contributed by atoms with Gasteiger partial charge in [-0.1, -0.05) is 11.2 Å². The Balaban J connectivity index is 1.69. The lowest BCUT2D eigenvalue weighted by Gasteiger charge is -2.28. The van der Waals surface area contributed by atoms with Crippen molar-refractivity contribution in [3.8, 4) is 11.5 Å². The van der Waals surface area contributed by atoms with Crippen molar-refractivity contribution in [1.82, 2.24) is 10.1 Å². The van der Waals surface area contributed by atoms with Crippen LogP contribution in [0.15, 0.2) is 45.8 Å². The number of amides is 1. The average Bonchev–Trinajstić information content (AvgIpc) is 3.14. The van der Waals surface area contributed by atoms with Crippen molar-refractivity contribution in [3.63, 3.8) is 0 Å². The van der Waals surface area contributed by atoms with Gasteiger partial charge in [-0.3, -0.25) is 14.4 Å². The van der Waals surface area contributed by atoms with Crippen molar-refractivity contribution in [2.45, 2.75) is 25.3 Å². The maximum absolute atomic E-state index is 13.1. The molecule has 0 spiro atoms. The SMILES string of the molecule is COc1ccc(C)cc1NS(=O)(=O)c1ccc2c(c1)N(Cc1noc(C)n1)C(=O)CO2. The summed E-state index contributed by atoms with van der Waals surface area (Å²) in [5.41, 5.74) is 1.48. The minimum Gasteiger partial charge on any atom is -0.495 e. The highest BCUT2D eigenvalue weighted by Crippen LogP contribution is 2.36. The Bertz CT molecular complexity index is 1250. The molecule has 3 aromatic rings. The zero-order valence-corrected chi connectivity index (χ0v) is 17.9. The molecule has 1 aliphatic rings. The monoisotopic (exact) mass is 444 g/mol. The fraction of sp³-hybridized carbons (Fsp3) is 0.250. The minimum atomic E-state index is -3.98. The molecule has 31 heavy (non-hydrogen) atoms. The summed E-state index contributed by atoms with van der Waals surface area (Å²) in [6.45, 7) is 3.34. The van der Waals surface area contributed by atoms with Crippen LogP contribution in [0.25, 0.3) is 0 Å². The predicted octanol–water partition coefficient (Wildman–Crippen LogP) is 2.42. The van der Waals surface area contributed by atoms with Crippen molar-refractivity contribution in [2.75, 3.05) is 23.3 Å². The van der Waals surface area contributed by atoms with E-state index in [0.29, 0.717) is 34.6 Å². The molecule has 2 aromatic carbocycles. The smallest absolute Gasteiger partial charge is 0.265 e. The molecule has 4 rings (SSSR count). The molecule has 1 amide bonds. The van der Waals surface area contributed by atoms with Crippen molar-refractivity contribution >= 4 is 27.3 Å². The number of aryl methyl sites for hydroxylation is 2. The molecule has 0 saturated heterocycles. The van der Waals surface area contributed by atoms with Gasteiger partial charge in [0.1, 0.15) is 11.5 Å². The first-order valence-electron chi connectivity index (χ1n) is 9.31. The molecule has 2 heterocycles. The van der Waals surface area contributed by atoms with E-state index in [1.54, 1.807) is 19.1 Å². The van der Waals surface area contributed by atoms with Gasteiger partial charge in [0, 0.05) is 6.92 Å². The summed E-state index contributed by atoms with van der Waals surface area (Å²) >= 11 is 0. The van der Waals surface area contributed by atoms with Crippen LogP contribution in [0.2, 0.25) is 0 Å². The number of carbonyl (C=O) groups is 1. The van der Waals surface area contributed by atoms with Crippen LogP contribution in [0.5, 0.6) is 11.5 Å². The summed E-state index contributed by atoms with van der Waals surface area (Å²) in [7, 11) is -2.52. The van der Waals surface area contributed by atoms with Gasteiger partial charge in [0.15, 0.2) is 12.4 Å². The predicted molar refractivity (Wildman–Crippen MR) is 111 cm³/mol. The highest BCUT2D eigenvalue weighted by atomic mass is 32.2. The number of carbonyl (C=O) groups excluding carboxylic acids is 1. The van der Waals surface area contributed by atoms with Crippen LogP contribution in [0, 0.1) is 13.8 Å². The van der Waals surface area contributed by atoms with E-state index in [0.717, 1.165) is 5.56 Å². The van der Waals surface area contributed by atoms with Gasteiger partial charge in [-0.2, -0.15) is 4.98 Å². The lowest BCUT2D eigenvalue weighted by Crippen LogP contribution is -2.38. The highest BCUT2D eigenvalue weighted by Gasteiger charge is 2.29. The van der Waals surface area contributed by atoms with Crippen LogP contribution in [0.3, 0.4) is 0 Å². The van der Waals surface area contributed by atoms with E-state index >= 15 is 0 Å². The molecule has 0 aliphatic carbocycles. The molecule has 0 atom stereocenters. The fourth-order valence-electron chi connectivity index (χ4n) is 3.17. The first kappa shape index (κ1) is 20.7. The molecule has 11 heteroatoms. The Kier molecular flexibility index (Phi) is 5.27. The molecule has 0 bridgehead atoms. The summed E-state index contributed by atoms with van der Waals surface area (Å²) in [6, 6.07) is 9.47. The second kappa shape index (κ2) is 7.91. The molecular weight excluding hydrogens is 424 g/mol. The van der Waals surface area contributed by atoms with Crippen molar-refractivity contribution in [3.05, 3.63) is 53.7 Å². The molecule has 0 radical (unpaired) electrons. The van der Waals surface area contributed by atoms with Gasteiger partial charge in [0.05, 0.1) is 29.9 Å². The molecule has 162 valence electrons. The van der Waals surface area contributed by atoms with Gasteiger partial charge in [-0.15, -0.1) is 0 Å². The second-order valence-corrected chi connectivity index (χ2v) is 8.62. The number of methoxy groups -OCH3 is 1. The molecule has 1 aromatic heterocycles. The summed E-state index contributed by atoms with van der Waals surface area (Å²) in [5.74, 6) is 1.09. The first-order chi connectivity index (χ1) is 14.8. The lowest BCUT2D eigenvalue weighted by atomic mass is 10.2. The zero-order chi connectivity index (χ0) is 22.2. The van der Waals surface area contributed by atoms with Gasteiger partial charge in [-0.05, 0) is 42.8 Å². The Morgan fingerprint density at radius 3 is 2.71 bits per heavy atom. The number of benzene rings is 2. The zero-order valence-electron chi connectivity index (χ0n) is 17.1. The van der Waals surface area contributed by atoms with Crippen molar-refractivity contribution in [2.24, 2.45) is 0 Å². The van der Waals surface area contributed by atoms with E-state index in [4.69, 9.17) is 14.0 Å². The summed E-state index contributed by atoms with van der Waals surface area (Å²) in [6.07, 6.45) is 0. The molecule has 1 N–H and O–H groups in total. The Morgan fingerprint density at radius 1 is 1.19 bits per heavy atom. The average molecular weight is 444 g/mol. The molecule has 10 nitrogen and oxygen atoms in total. The number of nitrogens with zero attached hydrogens (tertiary/aromatic N) is 3. The van der Waals surface area contributed by atoms with Crippen LogP contribution >= 0.6 is 0 Å². The van der Waals surface area contributed by atoms with Crippen LogP contribution in [-0.4, -0.2) is 38.2 Å². The minimum absolute atomic E-state index is 0.0230. The highest BCUT2D eigenvalue weighted by molar-refractivity contribution is 7.92. The van der Waals surface area contributed by atoms with E-state index in [2.05, 4.69) is 14.9 Å². The van der Waals surface area contributed by atoms with E-state index in [9.17, 15) is 13.2 Å². The number of hydrogen-bond donors (Lipinski definition) is 1. The van der Waals surface area contributed by atoms with Crippen molar-refractivity contribution in [1.29, 1.82) is 0 Å². The van der Waals surface area contributed by atoms with Gasteiger partial charge >= 0.3 is 0 Å². The van der Waals surface area contributed by atoms with Crippen LogP contribution < -0.4 is 19.1 Å². The maximum Gasteiger partial charge on any atom is 0.265 e. The van der Waals surface area contributed by atoms with E-state index in [1.165, 1.54) is 30.2 Å². The van der Waals surface area contributed by atoms with Crippen LogP contribution in [0.1, 0.15) is 17.3 Å². The van der Waals surface area contributed by atoms with Crippen molar-refractivity contribution < 1.29 is 27.2 Å². The Labute approximate surface area is 178 Å². The Hall–Kier alpha value is -3.60. The standard InChI is InChI=1S/C20H20N4O6S/c1-12-4-6-17(28-3)15(8-12)23-31(26,27)14-5-7-18-16(9-14)24(20(25)11-29-18)10-19-21-13(2)30-22-19/h4-9,23H,10-11H2,1-3H3. The molecule has 0 fully saturated rings. The number of rotatable bonds is 6. The molecule has 0 unspecified atom stereocenters. The lowest BCUT2D eigenvalue weighted by molar-refractivity contribution is -0.121. The molecular formula is C20H20N4O6S. The number of sulfonamides is 1. The van der Waals surface area contributed by atoms with E-state index < -0.39 is 10.0 Å². The number of ether oxygens (including phenoxy) is 2. The number of anilines is 2. The number of nitrogens with one attached hydrogen (secondary N) is 1. The maximum atomic E-state index is 13.1.